The van der Waals surface area contributed by atoms with E-state index in [2.05, 4.69) is 56.4 Å². The monoisotopic (exact) mass is 273 g/mol. The lowest BCUT2D eigenvalue weighted by Gasteiger charge is -2.24. The SMILES string of the molecule is Cc1c(Cl)cccc1Nc1ccccc1C(C)(C)C. The van der Waals surface area contributed by atoms with E-state index < -0.39 is 0 Å². The van der Waals surface area contributed by atoms with Crippen molar-refractivity contribution in [3.63, 3.8) is 0 Å². The summed E-state index contributed by atoms with van der Waals surface area (Å²) in [6.45, 7) is 8.69. The summed E-state index contributed by atoms with van der Waals surface area (Å²) >= 11 is 6.17. The molecule has 0 aromatic heterocycles. The van der Waals surface area contributed by atoms with Gasteiger partial charge in [0, 0.05) is 16.4 Å². The van der Waals surface area contributed by atoms with E-state index in [0.29, 0.717) is 0 Å². The van der Waals surface area contributed by atoms with Crippen molar-refractivity contribution in [3.05, 3.63) is 58.6 Å². The molecule has 19 heavy (non-hydrogen) atoms. The summed E-state index contributed by atoms with van der Waals surface area (Å²) in [5.41, 5.74) is 4.68. The second-order valence-corrected chi connectivity index (χ2v) is 6.24. The summed E-state index contributed by atoms with van der Waals surface area (Å²) in [4.78, 5) is 0. The zero-order valence-electron chi connectivity index (χ0n) is 11.9. The molecule has 0 aliphatic rings. The van der Waals surface area contributed by atoms with Crippen molar-refractivity contribution in [1.82, 2.24) is 0 Å². The molecule has 0 aliphatic carbocycles. The van der Waals surface area contributed by atoms with Gasteiger partial charge in [-0.25, -0.2) is 0 Å². The van der Waals surface area contributed by atoms with E-state index in [4.69, 9.17) is 11.6 Å². The van der Waals surface area contributed by atoms with Crippen LogP contribution in [0.1, 0.15) is 31.9 Å². The van der Waals surface area contributed by atoms with Crippen LogP contribution in [0.2, 0.25) is 5.02 Å². The molecule has 2 aromatic carbocycles. The Hall–Kier alpha value is -1.47. The van der Waals surface area contributed by atoms with Crippen LogP contribution < -0.4 is 5.32 Å². The van der Waals surface area contributed by atoms with Crippen molar-refractivity contribution < 1.29 is 0 Å². The van der Waals surface area contributed by atoms with Gasteiger partial charge in [0.05, 0.1) is 0 Å². The Labute approximate surface area is 120 Å². The first-order valence-electron chi connectivity index (χ1n) is 6.51. The molecule has 1 N–H and O–H groups in total. The third-order valence-electron chi connectivity index (χ3n) is 3.27. The summed E-state index contributed by atoms with van der Waals surface area (Å²) in [6, 6.07) is 14.4. The number of rotatable bonds is 2. The van der Waals surface area contributed by atoms with Crippen LogP contribution in [0.25, 0.3) is 0 Å². The molecule has 2 heteroatoms. The van der Waals surface area contributed by atoms with E-state index in [1.54, 1.807) is 0 Å². The summed E-state index contributed by atoms with van der Waals surface area (Å²) < 4.78 is 0. The van der Waals surface area contributed by atoms with Gasteiger partial charge in [-0.1, -0.05) is 56.6 Å². The summed E-state index contributed by atoms with van der Waals surface area (Å²) in [7, 11) is 0. The van der Waals surface area contributed by atoms with E-state index in [9.17, 15) is 0 Å². The smallest absolute Gasteiger partial charge is 0.0455 e. The van der Waals surface area contributed by atoms with E-state index >= 15 is 0 Å². The third-order valence-corrected chi connectivity index (χ3v) is 3.68. The van der Waals surface area contributed by atoms with Crippen LogP contribution in [0, 0.1) is 6.92 Å². The Morgan fingerprint density at radius 1 is 0.895 bits per heavy atom. The van der Waals surface area contributed by atoms with E-state index in [1.807, 2.05) is 19.1 Å². The van der Waals surface area contributed by atoms with E-state index in [-0.39, 0.29) is 5.41 Å². The molecule has 0 saturated carbocycles. The van der Waals surface area contributed by atoms with Crippen molar-refractivity contribution in [2.75, 3.05) is 5.32 Å². The van der Waals surface area contributed by atoms with Crippen LogP contribution >= 0.6 is 11.6 Å². The van der Waals surface area contributed by atoms with Gasteiger partial charge in [-0.15, -0.1) is 0 Å². The van der Waals surface area contributed by atoms with Crippen LogP contribution in [-0.2, 0) is 5.41 Å². The average Bonchev–Trinajstić information content (AvgIpc) is 2.34. The highest BCUT2D eigenvalue weighted by atomic mass is 35.5. The van der Waals surface area contributed by atoms with Gasteiger partial charge in [0.1, 0.15) is 0 Å². The molecular formula is C17H20ClN. The fourth-order valence-electron chi connectivity index (χ4n) is 2.13. The molecule has 0 heterocycles. The largest absolute Gasteiger partial charge is 0.355 e. The average molecular weight is 274 g/mol. The molecule has 2 aromatic rings. The van der Waals surface area contributed by atoms with Crippen molar-refractivity contribution in [2.24, 2.45) is 0 Å². The zero-order chi connectivity index (χ0) is 14.0. The van der Waals surface area contributed by atoms with Gasteiger partial charge in [-0.2, -0.15) is 0 Å². The van der Waals surface area contributed by atoms with E-state index in [1.165, 1.54) is 5.56 Å². The Balaban J connectivity index is 2.42. The number of hydrogen-bond donors (Lipinski definition) is 1. The fraction of sp³-hybridized carbons (Fsp3) is 0.294. The Kier molecular flexibility index (Phi) is 3.86. The minimum Gasteiger partial charge on any atom is -0.355 e. The molecule has 0 radical (unpaired) electrons. The Morgan fingerprint density at radius 2 is 1.53 bits per heavy atom. The molecule has 0 aliphatic heterocycles. The van der Waals surface area contributed by atoms with Crippen LogP contribution in [-0.4, -0.2) is 0 Å². The first-order chi connectivity index (χ1) is 8.89. The molecule has 0 fully saturated rings. The highest BCUT2D eigenvalue weighted by Gasteiger charge is 2.17. The van der Waals surface area contributed by atoms with Gasteiger partial charge in [0.25, 0.3) is 0 Å². The van der Waals surface area contributed by atoms with Crippen LogP contribution in [0.4, 0.5) is 11.4 Å². The number of anilines is 2. The van der Waals surface area contributed by atoms with Gasteiger partial charge in [0.15, 0.2) is 0 Å². The zero-order valence-corrected chi connectivity index (χ0v) is 12.7. The second-order valence-electron chi connectivity index (χ2n) is 5.83. The summed E-state index contributed by atoms with van der Waals surface area (Å²) in [5.74, 6) is 0. The lowest BCUT2D eigenvalue weighted by atomic mass is 9.85. The quantitative estimate of drug-likeness (QED) is 0.741. The first-order valence-corrected chi connectivity index (χ1v) is 6.89. The van der Waals surface area contributed by atoms with Crippen LogP contribution in [0.3, 0.4) is 0 Å². The number of nitrogens with one attached hydrogen (secondary N) is 1. The lowest BCUT2D eigenvalue weighted by molar-refractivity contribution is 0.592. The van der Waals surface area contributed by atoms with Crippen LogP contribution in [0.15, 0.2) is 42.5 Å². The molecule has 100 valence electrons. The van der Waals surface area contributed by atoms with Crippen molar-refractivity contribution >= 4 is 23.0 Å². The molecular weight excluding hydrogens is 254 g/mol. The molecule has 0 saturated heterocycles. The predicted octanol–water partition coefficient (Wildman–Crippen LogP) is 5.69. The normalized spacial score (nSPS) is 11.4. The molecule has 0 bridgehead atoms. The minimum absolute atomic E-state index is 0.107. The maximum absolute atomic E-state index is 6.17. The third kappa shape index (κ3) is 3.10. The van der Waals surface area contributed by atoms with E-state index in [0.717, 1.165) is 22.0 Å². The second kappa shape index (κ2) is 5.26. The standard InChI is InChI=1S/C17H20ClN/c1-12-14(18)9-7-11-15(12)19-16-10-6-5-8-13(16)17(2,3)4/h5-11,19H,1-4H3. The number of halogens is 1. The molecule has 0 amide bonds. The van der Waals surface area contributed by atoms with Gasteiger partial charge >= 0.3 is 0 Å². The molecule has 2 rings (SSSR count). The number of benzene rings is 2. The lowest BCUT2D eigenvalue weighted by Crippen LogP contribution is -2.13. The van der Waals surface area contributed by atoms with Crippen molar-refractivity contribution in [2.45, 2.75) is 33.1 Å². The predicted molar refractivity (Wildman–Crippen MR) is 84.6 cm³/mol. The van der Waals surface area contributed by atoms with Gasteiger partial charge in [0.2, 0.25) is 0 Å². The maximum Gasteiger partial charge on any atom is 0.0455 e. The minimum atomic E-state index is 0.107. The maximum atomic E-state index is 6.17. The first kappa shape index (κ1) is 14.0. The number of hydrogen-bond acceptors (Lipinski definition) is 1. The summed E-state index contributed by atoms with van der Waals surface area (Å²) in [6.07, 6.45) is 0. The fourth-order valence-corrected chi connectivity index (χ4v) is 2.31. The molecule has 0 unspecified atom stereocenters. The highest BCUT2D eigenvalue weighted by Crippen LogP contribution is 2.33. The molecule has 1 nitrogen and oxygen atoms in total. The van der Waals surface area contributed by atoms with Gasteiger partial charge in [-0.05, 0) is 41.7 Å². The van der Waals surface area contributed by atoms with Gasteiger partial charge < -0.3 is 5.32 Å². The van der Waals surface area contributed by atoms with Crippen LogP contribution in [0.5, 0.6) is 0 Å². The molecule has 0 spiro atoms. The van der Waals surface area contributed by atoms with Crippen molar-refractivity contribution in [3.8, 4) is 0 Å². The Morgan fingerprint density at radius 3 is 2.21 bits per heavy atom. The summed E-state index contributed by atoms with van der Waals surface area (Å²) in [5, 5.41) is 4.29. The highest BCUT2D eigenvalue weighted by molar-refractivity contribution is 6.31. The topological polar surface area (TPSA) is 12.0 Å². The van der Waals surface area contributed by atoms with Crippen molar-refractivity contribution in [1.29, 1.82) is 0 Å². The van der Waals surface area contributed by atoms with Gasteiger partial charge in [-0.3, -0.25) is 0 Å². The molecule has 0 atom stereocenters. The number of para-hydroxylation sites is 1. The Bertz CT molecular complexity index is 582.